The SMILES string of the molecule is CCNC(=O)CCNCC(C)(O)c1ccccc1. The van der Waals surface area contributed by atoms with E-state index in [1.165, 1.54) is 0 Å². The molecular formula is C14H22N2O2. The first-order valence-electron chi connectivity index (χ1n) is 6.31. The number of aliphatic hydroxyl groups is 1. The molecule has 0 aliphatic carbocycles. The van der Waals surface area contributed by atoms with Gasteiger partial charge in [-0.2, -0.15) is 0 Å². The van der Waals surface area contributed by atoms with Crippen molar-refractivity contribution in [2.45, 2.75) is 25.9 Å². The minimum atomic E-state index is -0.914. The van der Waals surface area contributed by atoms with Gasteiger partial charge in [-0.25, -0.2) is 0 Å². The number of carbonyl (C=O) groups excluding carboxylic acids is 1. The lowest BCUT2D eigenvalue weighted by atomic mass is 9.96. The van der Waals surface area contributed by atoms with Crippen LogP contribution in [-0.4, -0.2) is 30.6 Å². The highest BCUT2D eigenvalue weighted by atomic mass is 16.3. The highest BCUT2D eigenvalue weighted by Gasteiger charge is 2.21. The fourth-order valence-electron chi connectivity index (χ4n) is 1.72. The minimum Gasteiger partial charge on any atom is -0.384 e. The van der Waals surface area contributed by atoms with Crippen molar-refractivity contribution in [3.8, 4) is 0 Å². The quantitative estimate of drug-likeness (QED) is 0.633. The smallest absolute Gasteiger partial charge is 0.221 e. The van der Waals surface area contributed by atoms with Crippen LogP contribution in [0, 0.1) is 0 Å². The summed E-state index contributed by atoms with van der Waals surface area (Å²) < 4.78 is 0. The van der Waals surface area contributed by atoms with Gasteiger partial charge in [-0.15, -0.1) is 0 Å². The minimum absolute atomic E-state index is 0.0318. The number of carbonyl (C=O) groups is 1. The summed E-state index contributed by atoms with van der Waals surface area (Å²) in [5.74, 6) is 0.0318. The topological polar surface area (TPSA) is 61.4 Å². The van der Waals surface area contributed by atoms with Crippen molar-refractivity contribution in [2.24, 2.45) is 0 Å². The molecule has 0 radical (unpaired) electrons. The molecule has 100 valence electrons. The van der Waals surface area contributed by atoms with E-state index in [0.717, 1.165) is 5.56 Å². The molecule has 18 heavy (non-hydrogen) atoms. The van der Waals surface area contributed by atoms with Gasteiger partial charge < -0.3 is 15.7 Å². The van der Waals surface area contributed by atoms with E-state index in [2.05, 4.69) is 10.6 Å². The Labute approximate surface area is 108 Å². The van der Waals surface area contributed by atoms with E-state index in [-0.39, 0.29) is 5.91 Å². The lowest BCUT2D eigenvalue weighted by Crippen LogP contribution is -2.37. The largest absolute Gasteiger partial charge is 0.384 e. The molecule has 3 N–H and O–H groups in total. The Morgan fingerprint density at radius 2 is 2.00 bits per heavy atom. The Kier molecular flexibility index (Phi) is 5.82. The number of amides is 1. The third kappa shape index (κ3) is 4.85. The van der Waals surface area contributed by atoms with E-state index in [4.69, 9.17) is 0 Å². The van der Waals surface area contributed by atoms with Crippen molar-refractivity contribution < 1.29 is 9.90 Å². The third-order valence-electron chi connectivity index (χ3n) is 2.77. The molecule has 0 aliphatic rings. The standard InChI is InChI=1S/C14H22N2O2/c1-3-16-13(17)9-10-15-11-14(2,18)12-7-5-4-6-8-12/h4-8,15,18H,3,9-11H2,1-2H3,(H,16,17). The van der Waals surface area contributed by atoms with Crippen molar-refractivity contribution in [3.05, 3.63) is 35.9 Å². The Bertz CT molecular complexity index is 363. The van der Waals surface area contributed by atoms with Crippen molar-refractivity contribution in [1.29, 1.82) is 0 Å². The predicted molar refractivity (Wildman–Crippen MR) is 72.2 cm³/mol. The molecule has 0 saturated carbocycles. The normalized spacial score (nSPS) is 13.9. The number of nitrogens with one attached hydrogen (secondary N) is 2. The molecule has 1 aromatic rings. The fourth-order valence-corrected chi connectivity index (χ4v) is 1.72. The number of benzene rings is 1. The monoisotopic (exact) mass is 250 g/mol. The molecule has 4 nitrogen and oxygen atoms in total. The van der Waals surface area contributed by atoms with Crippen LogP contribution in [0.2, 0.25) is 0 Å². The lowest BCUT2D eigenvalue weighted by Gasteiger charge is -2.24. The molecule has 0 fully saturated rings. The molecule has 1 atom stereocenters. The maximum atomic E-state index is 11.2. The molecule has 4 heteroatoms. The van der Waals surface area contributed by atoms with Gasteiger partial charge in [-0.3, -0.25) is 4.79 Å². The van der Waals surface area contributed by atoms with Gasteiger partial charge in [-0.1, -0.05) is 30.3 Å². The summed E-state index contributed by atoms with van der Waals surface area (Å²) in [6, 6.07) is 9.51. The molecule has 0 spiro atoms. The second-order valence-electron chi connectivity index (χ2n) is 4.52. The molecular weight excluding hydrogens is 228 g/mol. The zero-order valence-electron chi connectivity index (χ0n) is 11.1. The number of hydrogen-bond donors (Lipinski definition) is 3. The van der Waals surface area contributed by atoms with Gasteiger partial charge in [0.25, 0.3) is 0 Å². The average Bonchev–Trinajstić information content (AvgIpc) is 2.36. The van der Waals surface area contributed by atoms with Crippen molar-refractivity contribution in [1.82, 2.24) is 10.6 Å². The fraction of sp³-hybridized carbons (Fsp3) is 0.500. The molecule has 0 heterocycles. The zero-order chi connectivity index (χ0) is 13.4. The molecule has 0 aliphatic heterocycles. The van der Waals surface area contributed by atoms with Crippen LogP contribution in [0.1, 0.15) is 25.8 Å². The van der Waals surface area contributed by atoms with Crippen LogP contribution < -0.4 is 10.6 Å². The van der Waals surface area contributed by atoms with Crippen molar-refractivity contribution in [3.63, 3.8) is 0 Å². The van der Waals surface area contributed by atoms with Crippen molar-refractivity contribution in [2.75, 3.05) is 19.6 Å². The predicted octanol–water partition coefficient (Wildman–Crippen LogP) is 1.01. The molecule has 0 aromatic heterocycles. The molecule has 0 bridgehead atoms. The van der Waals surface area contributed by atoms with Crippen LogP contribution in [0.15, 0.2) is 30.3 Å². The number of hydrogen-bond acceptors (Lipinski definition) is 3. The van der Waals surface area contributed by atoms with E-state index >= 15 is 0 Å². The summed E-state index contributed by atoms with van der Waals surface area (Å²) in [6.45, 7) is 5.30. The molecule has 0 saturated heterocycles. The maximum absolute atomic E-state index is 11.2. The van der Waals surface area contributed by atoms with Crippen LogP contribution in [0.25, 0.3) is 0 Å². The molecule has 1 unspecified atom stereocenters. The van der Waals surface area contributed by atoms with Gasteiger partial charge in [0.05, 0.1) is 5.60 Å². The van der Waals surface area contributed by atoms with Gasteiger partial charge >= 0.3 is 0 Å². The third-order valence-corrected chi connectivity index (χ3v) is 2.77. The van der Waals surface area contributed by atoms with E-state index < -0.39 is 5.60 Å². The van der Waals surface area contributed by atoms with Gasteiger partial charge in [0, 0.05) is 26.1 Å². The Hall–Kier alpha value is -1.39. The van der Waals surface area contributed by atoms with Crippen molar-refractivity contribution >= 4 is 5.91 Å². The summed E-state index contributed by atoms with van der Waals surface area (Å²) in [7, 11) is 0. The maximum Gasteiger partial charge on any atom is 0.221 e. The van der Waals surface area contributed by atoms with Crippen LogP contribution in [-0.2, 0) is 10.4 Å². The summed E-state index contributed by atoms with van der Waals surface area (Å²) in [6.07, 6.45) is 0.429. The summed E-state index contributed by atoms with van der Waals surface area (Å²) >= 11 is 0. The highest BCUT2D eigenvalue weighted by molar-refractivity contribution is 5.75. The van der Waals surface area contributed by atoms with Crippen LogP contribution in [0.4, 0.5) is 0 Å². The Morgan fingerprint density at radius 3 is 2.61 bits per heavy atom. The average molecular weight is 250 g/mol. The first-order chi connectivity index (χ1) is 8.56. The molecule has 1 rings (SSSR count). The highest BCUT2D eigenvalue weighted by Crippen LogP contribution is 2.18. The summed E-state index contributed by atoms with van der Waals surface area (Å²) in [5, 5.41) is 16.1. The van der Waals surface area contributed by atoms with Crippen LogP contribution in [0.3, 0.4) is 0 Å². The molecule has 1 amide bonds. The summed E-state index contributed by atoms with van der Waals surface area (Å²) in [5.41, 5.74) is -0.0434. The zero-order valence-corrected chi connectivity index (χ0v) is 11.1. The second-order valence-corrected chi connectivity index (χ2v) is 4.52. The van der Waals surface area contributed by atoms with E-state index in [0.29, 0.717) is 26.1 Å². The van der Waals surface area contributed by atoms with E-state index in [1.807, 2.05) is 37.3 Å². The summed E-state index contributed by atoms with van der Waals surface area (Å²) in [4.78, 5) is 11.2. The lowest BCUT2D eigenvalue weighted by molar-refractivity contribution is -0.120. The second kappa shape index (κ2) is 7.13. The van der Waals surface area contributed by atoms with E-state index in [9.17, 15) is 9.90 Å². The van der Waals surface area contributed by atoms with Gasteiger partial charge in [0.15, 0.2) is 0 Å². The molecule has 1 aromatic carbocycles. The van der Waals surface area contributed by atoms with Gasteiger partial charge in [0.2, 0.25) is 5.91 Å². The van der Waals surface area contributed by atoms with E-state index in [1.54, 1.807) is 6.92 Å². The van der Waals surface area contributed by atoms with Gasteiger partial charge in [-0.05, 0) is 19.4 Å². The van der Waals surface area contributed by atoms with Crippen LogP contribution >= 0.6 is 0 Å². The first kappa shape index (κ1) is 14.7. The van der Waals surface area contributed by atoms with Gasteiger partial charge in [0.1, 0.15) is 0 Å². The Balaban J connectivity index is 2.32. The van der Waals surface area contributed by atoms with Crippen LogP contribution in [0.5, 0.6) is 0 Å². The number of rotatable bonds is 7. The first-order valence-corrected chi connectivity index (χ1v) is 6.31. The Morgan fingerprint density at radius 1 is 1.33 bits per heavy atom.